The third-order valence-electron chi connectivity index (χ3n) is 2.36. The standard InChI is InChI=1S/C12H6Br2F3NOS/c13-9-2-1-7(4-8(9)12(15,16)17)18-11(19)6-3-10(14)20-5-6/h1-5H,(H,18,19). The molecule has 0 fully saturated rings. The van der Waals surface area contributed by atoms with Crippen LogP contribution in [-0.4, -0.2) is 5.91 Å². The molecule has 0 aliphatic heterocycles. The second-order valence-corrected chi connectivity index (χ2v) is 6.93. The number of rotatable bonds is 2. The topological polar surface area (TPSA) is 29.1 Å². The first kappa shape index (κ1) is 15.5. The van der Waals surface area contributed by atoms with Crippen LogP contribution in [-0.2, 0) is 6.18 Å². The van der Waals surface area contributed by atoms with Crippen LogP contribution in [0.1, 0.15) is 15.9 Å². The van der Waals surface area contributed by atoms with Crippen molar-refractivity contribution in [2.24, 2.45) is 0 Å². The molecule has 0 unspecified atom stereocenters. The molecule has 0 atom stereocenters. The molecule has 0 saturated heterocycles. The number of hydrogen-bond acceptors (Lipinski definition) is 2. The van der Waals surface area contributed by atoms with Gasteiger partial charge in [-0.05, 0) is 40.2 Å². The summed E-state index contributed by atoms with van der Waals surface area (Å²) < 4.78 is 38.9. The van der Waals surface area contributed by atoms with Crippen molar-refractivity contribution in [3.05, 3.63) is 49.0 Å². The molecule has 8 heteroatoms. The maximum atomic E-state index is 12.7. The van der Waals surface area contributed by atoms with E-state index in [9.17, 15) is 18.0 Å². The fraction of sp³-hybridized carbons (Fsp3) is 0.0833. The minimum absolute atomic E-state index is 0.0683. The van der Waals surface area contributed by atoms with E-state index in [4.69, 9.17) is 0 Å². The molecule has 106 valence electrons. The van der Waals surface area contributed by atoms with Crippen LogP contribution in [0, 0.1) is 0 Å². The average Bonchev–Trinajstić information content (AvgIpc) is 2.77. The Morgan fingerprint density at radius 1 is 1.20 bits per heavy atom. The largest absolute Gasteiger partial charge is 0.417 e. The molecule has 0 aliphatic carbocycles. The normalized spacial score (nSPS) is 11.4. The summed E-state index contributed by atoms with van der Waals surface area (Å²) in [7, 11) is 0. The van der Waals surface area contributed by atoms with Crippen molar-refractivity contribution in [3.63, 3.8) is 0 Å². The Kier molecular flexibility index (Phi) is 4.55. The van der Waals surface area contributed by atoms with E-state index in [1.54, 1.807) is 11.4 Å². The summed E-state index contributed by atoms with van der Waals surface area (Å²) in [4.78, 5) is 11.9. The summed E-state index contributed by atoms with van der Waals surface area (Å²) in [6.45, 7) is 0. The minimum Gasteiger partial charge on any atom is -0.322 e. The van der Waals surface area contributed by atoms with Gasteiger partial charge in [-0.15, -0.1) is 11.3 Å². The van der Waals surface area contributed by atoms with Crippen molar-refractivity contribution in [1.82, 2.24) is 0 Å². The highest BCUT2D eigenvalue weighted by Gasteiger charge is 2.33. The molecule has 20 heavy (non-hydrogen) atoms. The molecule has 2 rings (SSSR count). The molecule has 1 N–H and O–H groups in total. The van der Waals surface area contributed by atoms with E-state index in [2.05, 4.69) is 37.2 Å². The fourth-order valence-corrected chi connectivity index (χ4v) is 3.06. The molecule has 0 aliphatic rings. The van der Waals surface area contributed by atoms with Crippen LogP contribution in [0.2, 0.25) is 0 Å². The van der Waals surface area contributed by atoms with E-state index in [0.29, 0.717) is 5.56 Å². The first-order chi connectivity index (χ1) is 9.27. The Hall–Kier alpha value is -0.860. The number of amides is 1. The first-order valence-corrected chi connectivity index (χ1v) is 7.66. The summed E-state index contributed by atoms with van der Waals surface area (Å²) in [5.41, 5.74) is -0.354. The second-order valence-electron chi connectivity index (χ2n) is 3.79. The summed E-state index contributed by atoms with van der Waals surface area (Å²) in [5, 5.41) is 4.05. The summed E-state index contributed by atoms with van der Waals surface area (Å²) in [5.74, 6) is -0.456. The van der Waals surface area contributed by atoms with Gasteiger partial charge in [0.05, 0.1) is 14.9 Å². The SMILES string of the molecule is O=C(Nc1ccc(Br)c(C(F)(F)F)c1)c1csc(Br)c1. The Balaban J connectivity index is 2.24. The van der Waals surface area contributed by atoms with Crippen LogP contribution in [0.25, 0.3) is 0 Å². The Morgan fingerprint density at radius 3 is 2.45 bits per heavy atom. The van der Waals surface area contributed by atoms with Gasteiger partial charge in [-0.2, -0.15) is 13.2 Å². The van der Waals surface area contributed by atoms with Gasteiger partial charge in [0.1, 0.15) is 0 Å². The van der Waals surface area contributed by atoms with E-state index in [1.165, 1.54) is 23.5 Å². The Morgan fingerprint density at radius 2 is 1.90 bits per heavy atom. The lowest BCUT2D eigenvalue weighted by molar-refractivity contribution is -0.138. The molecule has 1 heterocycles. The number of hydrogen-bond donors (Lipinski definition) is 1. The molecule has 0 spiro atoms. The lowest BCUT2D eigenvalue weighted by atomic mass is 10.2. The maximum absolute atomic E-state index is 12.7. The van der Waals surface area contributed by atoms with Gasteiger partial charge < -0.3 is 5.32 Å². The fourth-order valence-electron chi connectivity index (χ4n) is 1.45. The molecule has 1 aromatic heterocycles. The van der Waals surface area contributed by atoms with Gasteiger partial charge in [-0.25, -0.2) is 0 Å². The number of carbonyl (C=O) groups is 1. The predicted octanol–water partition coefficient (Wildman–Crippen LogP) is 5.54. The van der Waals surface area contributed by atoms with Crippen LogP contribution >= 0.6 is 43.2 Å². The smallest absolute Gasteiger partial charge is 0.322 e. The van der Waals surface area contributed by atoms with Crippen LogP contribution in [0.5, 0.6) is 0 Å². The third kappa shape index (κ3) is 3.62. The van der Waals surface area contributed by atoms with Crippen molar-refractivity contribution in [2.75, 3.05) is 5.32 Å². The Labute approximate surface area is 133 Å². The van der Waals surface area contributed by atoms with Gasteiger partial charge in [-0.1, -0.05) is 15.9 Å². The van der Waals surface area contributed by atoms with Crippen LogP contribution in [0.3, 0.4) is 0 Å². The van der Waals surface area contributed by atoms with Crippen molar-refractivity contribution in [3.8, 4) is 0 Å². The highest BCUT2D eigenvalue weighted by atomic mass is 79.9. The number of benzene rings is 1. The number of carbonyl (C=O) groups excluding carboxylic acids is 1. The molecular weight excluding hydrogens is 423 g/mol. The zero-order chi connectivity index (χ0) is 14.9. The first-order valence-electron chi connectivity index (χ1n) is 5.19. The van der Waals surface area contributed by atoms with E-state index in [-0.39, 0.29) is 10.2 Å². The number of nitrogens with one attached hydrogen (secondary N) is 1. The van der Waals surface area contributed by atoms with Crippen molar-refractivity contribution >= 4 is 54.8 Å². The maximum Gasteiger partial charge on any atom is 0.417 e. The molecule has 0 saturated carbocycles. The summed E-state index contributed by atoms with van der Waals surface area (Å²) >= 11 is 7.38. The number of alkyl halides is 3. The van der Waals surface area contributed by atoms with E-state index in [1.807, 2.05) is 0 Å². The van der Waals surface area contributed by atoms with E-state index >= 15 is 0 Å². The minimum atomic E-state index is -4.48. The quantitative estimate of drug-likeness (QED) is 0.668. The van der Waals surface area contributed by atoms with Crippen LogP contribution in [0.15, 0.2) is 37.9 Å². The molecule has 1 aromatic carbocycles. The van der Waals surface area contributed by atoms with Crippen LogP contribution < -0.4 is 5.32 Å². The molecular formula is C12H6Br2F3NOS. The molecule has 2 aromatic rings. The van der Waals surface area contributed by atoms with Gasteiger partial charge >= 0.3 is 6.18 Å². The van der Waals surface area contributed by atoms with E-state index < -0.39 is 17.6 Å². The second kappa shape index (κ2) is 5.87. The number of anilines is 1. The van der Waals surface area contributed by atoms with Gasteiger partial charge in [0.25, 0.3) is 5.91 Å². The molecule has 0 radical (unpaired) electrons. The van der Waals surface area contributed by atoms with Crippen molar-refractivity contribution in [1.29, 1.82) is 0 Å². The highest BCUT2D eigenvalue weighted by Crippen LogP contribution is 2.36. The molecule has 2 nitrogen and oxygen atoms in total. The highest BCUT2D eigenvalue weighted by molar-refractivity contribution is 9.11. The predicted molar refractivity (Wildman–Crippen MR) is 79.1 cm³/mol. The Bertz CT molecular complexity index is 654. The van der Waals surface area contributed by atoms with Crippen LogP contribution in [0.4, 0.5) is 18.9 Å². The average molecular weight is 429 g/mol. The number of halogens is 5. The zero-order valence-corrected chi connectivity index (χ0v) is 13.6. The number of thiophene rings is 1. The van der Waals surface area contributed by atoms with E-state index in [0.717, 1.165) is 9.85 Å². The summed E-state index contributed by atoms with van der Waals surface area (Å²) in [6, 6.07) is 5.15. The lowest BCUT2D eigenvalue weighted by Crippen LogP contribution is -2.12. The van der Waals surface area contributed by atoms with Crippen molar-refractivity contribution in [2.45, 2.75) is 6.18 Å². The van der Waals surface area contributed by atoms with Gasteiger partial charge in [0, 0.05) is 15.5 Å². The summed E-state index contributed by atoms with van der Waals surface area (Å²) in [6.07, 6.45) is -4.48. The molecule has 1 amide bonds. The van der Waals surface area contributed by atoms with Gasteiger partial charge in [0.15, 0.2) is 0 Å². The van der Waals surface area contributed by atoms with Gasteiger partial charge in [-0.3, -0.25) is 4.79 Å². The zero-order valence-electron chi connectivity index (χ0n) is 9.59. The lowest BCUT2D eigenvalue weighted by Gasteiger charge is -2.11. The monoisotopic (exact) mass is 427 g/mol. The third-order valence-corrected chi connectivity index (χ3v) is 4.56. The van der Waals surface area contributed by atoms with Crippen molar-refractivity contribution < 1.29 is 18.0 Å². The molecule has 0 bridgehead atoms. The van der Waals surface area contributed by atoms with Gasteiger partial charge in [0.2, 0.25) is 0 Å².